The van der Waals surface area contributed by atoms with Gasteiger partial charge in [0.1, 0.15) is 0 Å². The van der Waals surface area contributed by atoms with E-state index in [0.29, 0.717) is 18.6 Å². The third kappa shape index (κ3) is 7.77. The van der Waals surface area contributed by atoms with Gasteiger partial charge in [0.2, 0.25) is 0 Å². The number of aliphatic hydroxyl groups excluding tert-OH is 2. The Hall–Kier alpha value is -0.0800. The highest BCUT2D eigenvalue weighted by molar-refractivity contribution is 4.79. The smallest absolute Gasteiger partial charge is 0.0436 e. The fourth-order valence-corrected chi connectivity index (χ4v) is 2.86. The Labute approximate surface area is 107 Å². The zero-order chi connectivity index (χ0) is 13.0. The van der Waals surface area contributed by atoms with Crippen LogP contribution >= 0.6 is 0 Å². The van der Waals surface area contributed by atoms with E-state index in [-0.39, 0.29) is 0 Å². The quantitative estimate of drug-likeness (QED) is 0.511. The van der Waals surface area contributed by atoms with Gasteiger partial charge in [-0.05, 0) is 37.5 Å². The first-order valence-corrected chi connectivity index (χ1v) is 7.46. The van der Waals surface area contributed by atoms with Crippen LogP contribution in [0.15, 0.2) is 0 Å². The van der Waals surface area contributed by atoms with E-state index < -0.39 is 0 Å². The monoisotopic (exact) mass is 244 g/mol. The standard InChI is InChI=1S/C15H32O2/c1-3-5-10-15(9-4-2,12-14-17)11-7-6-8-13-16/h16-17H,3-14H2,1-2H3. The minimum atomic E-state index is 0.315. The Bertz CT molecular complexity index is 151. The molecule has 0 radical (unpaired) electrons. The molecule has 0 aromatic rings. The van der Waals surface area contributed by atoms with Gasteiger partial charge in [0, 0.05) is 13.2 Å². The summed E-state index contributed by atoms with van der Waals surface area (Å²) in [5, 5.41) is 18.1. The molecule has 1 unspecified atom stereocenters. The van der Waals surface area contributed by atoms with E-state index in [9.17, 15) is 5.11 Å². The number of hydrogen-bond acceptors (Lipinski definition) is 2. The molecule has 0 spiro atoms. The SMILES string of the molecule is CCCCC(CCC)(CCO)CCCCCO. The van der Waals surface area contributed by atoms with E-state index in [2.05, 4.69) is 13.8 Å². The molecule has 0 fully saturated rings. The summed E-state index contributed by atoms with van der Waals surface area (Å²) in [5.74, 6) is 0. The van der Waals surface area contributed by atoms with Crippen LogP contribution in [0.4, 0.5) is 0 Å². The van der Waals surface area contributed by atoms with Crippen LogP contribution in [0.5, 0.6) is 0 Å². The van der Waals surface area contributed by atoms with E-state index in [1.807, 2.05) is 0 Å². The molecule has 0 aliphatic rings. The van der Waals surface area contributed by atoms with Crippen molar-refractivity contribution in [3.63, 3.8) is 0 Å². The van der Waals surface area contributed by atoms with Gasteiger partial charge < -0.3 is 10.2 Å². The Kier molecular flexibility index (Phi) is 11.0. The fraction of sp³-hybridized carbons (Fsp3) is 1.00. The van der Waals surface area contributed by atoms with E-state index in [1.54, 1.807) is 0 Å². The van der Waals surface area contributed by atoms with E-state index >= 15 is 0 Å². The van der Waals surface area contributed by atoms with E-state index in [1.165, 1.54) is 44.9 Å². The van der Waals surface area contributed by atoms with Gasteiger partial charge in [0.05, 0.1) is 0 Å². The van der Waals surface area contributed by atoms with E-state index in [0.717, 1.165) is 19.3 Å². The normalized spacial score (nSPS) is 14.8. The first-order valence-electron chi connectivity index (χ1n) is 7.46. The molecule has 104 valence electrons. The molecule has 0 aromatic heterocycles. The lowest BCUT2D eigenvalue weighted by molar-refractivity contribution is 0.135. The molecule has 0 bridgehead atoms. The molecule has 17 heavy (non-hydrogen) atoms. The van der Waals surface area contributed by atoms with Crippen LogP contribution in [-0.2, 0) is 0 Å². The van der Waals surface area contributed by atoms with Crippen molar-refractivity contribution < 1.29 is 10.2 Å². The fourth-order valence-electron chi connectivity index (χ4n) is 2.86. The second-order valence-electron chi connectivity index (χ2n) is 5.36. The van der Waals surface area contributed by atoms with Crippen molar-refractivity contribution in [1.29, 1.82) is 0 Å². The van der Waals surface area contributed by atoms with Crippen LogP contribution in [0.3, 0.4) is 0 Å². The number of hydrogen-bond donors (Lipinski definition) is 2. The highest BCUT2D eigenvalue weighted by Crippen LogP contribution is 2.39. The molecule has 0 aromatic carbocycles. The number of rotatable bonds is 12. The minimum absolute atomic E-state index is 0.315. The van der Waals surface area contributed by atoms with Gasteiger partial charge in [-0.2, -0.15) is 0 Å². The maximum Gasteiger partial charge on any atom is 0.0436 e. The van der Waals surface area contributed by atoms with Crippen LogP contribution in [0.2, 0.25) is 0 Å². The van der Waals surface area contributed by atoms with Gasteiger partial charge in [0.15, 0.2) is 0 Å². The summed E-state index contributed by atoms with van der Waals surface area (Å²) in [5.41, 5.74) is 0.370. The zero-order valence-electron chi connectivity index (χ0n) is 11.9. The van der Waals surface area contributed by atoms with E-state index in [4.69, 9.17) is 5.11 Å². The second kappa shape index (κ2) is 11.0. The molecule has 2 N–H and O–H groups in total. The zero-order valence-corrected chi connectivity index (χ0v) is 11.9. The van der Waals surface area contributed by atoms with Gasteiger partial charge >= 0.3 is 0 Å². The maximum atomic E-state index is 9.29. The van der Waals surface area contributed by atoms with Crippen molar-refractivity contribution in [2.45, 2.75) is 78.1 Å². The lowest BCUT2D eigenvalue weighted by atomic mass is 9.72. The Balaban J connectivity index is 4.20. The largest absolute Gasteiger partial charge is 0.396 e. The van der Waals surface area contributed by atoms with Crippen LogP contribution < -0.4 is 0 Å². The molecule has 0 saturated carbocycles. The van der Waals surface area contributed by atoms with Gasteiger partial charge in [0.25, 0.3) is 0 Å². The molecule has 2 nitrogen and oxygen atoms in total. The van der Waals surface area contributed by atoms with Gasteiger partial charge in [-0.25, -0.2) is 0 Å². The minimum Gasteiger partial charge on any atom is -0.396 e. The Morgan fingerprint density at radius 3 is 1.88 bits per heavy atom. The van der Waals surface area contributed by atoms with Crippen molar-refractivity contribution in [2.24, 2.45) is 5.41 Å². The molecule has 2 heteroatoms. The molecule has 0 amide bonds. The number of unbranched alkanes of at least 4 members (excludes halogenated alkanes) is 3. The summed E-state index contributed by atoms with van der Waals surface area (Å²) in [4.78, 5) is 0. The third-order valence-corrected chi connectivity index (χ3v) is 3.85. The molecular weight excluding hydrogens is 212 g/mol. The molecule has 0 aliphatic carbocycles. The summed E-state index contributed by atoms with van der Waals surface area (Å²) < 4.78 is 0. The van der Waals surface area contributed by atoms with Crippen molar-refractivity contribution in [1.82, 2.24) is 0 Å². The molecular formula is C15H32O2. The molecule has 0 rings (SSSR count). The topological polar surface area (TPSA) is 40.5 Å². The van der Waals surface area contributed by atoms with Gasteiger partial charge in [-0.1, -0.05) is 46.0 Å². The average molecular weight is 244 g/mol. The molecule has 1 atom stereocenters. The summed E-state index contributed by atoms with van der Waals surface area (Å²) in [6.45, 7) is 5.12. The Morgan fingerprint density at radius 1 is 0.647 bits per heavy atom. The van der Waals surface area contributed by atoms with Crippen molar-refractivity contribution in [3.05, 3.63) is 0 Å². The third-order valence-electron chi connectivity index (χ3n) is 3.85. The number of aliphatic hydroxyl groups is 2. The highest BCUT2D eigenvalue weighted by Gasteiger charge is 2.27. The maximum absolute atomic E-state index is 9.29. The lowest BCUT2D eigenvalue weighted by Gasteiger charge is -2.33. The predicted octanol–water partition coefficient (Wildman–Crippen LogP) is 3.90. The Morgan fingerprint density at radius 2 is 1.35 bits per heavy atom. The molecule has 0 heterocycles. The average Bonchev–Trinajstić information content (AvgIpc) is 2.33. The highest BCUT2D eigenvalue weighted by atomic mass is 16.3. The molecule has 0 saturated heterocycles. The van der Waals surface area contributed by atoms with Crippen LogP contribution in [-0.4, -0.2) is 23.4 Å². The first-order chi connectivity index (χ1) is 8.24. The lowest BCUT2D eigenvalue weighted by Crippen LogP contribution is -2.22. The van der Waals surface area contributed by atoms with Crippen LogP contribution in [0.25, 0.3) is 0 Å². The van der Waals surface area contributed by atoms with Gasteiger partial charge in [-0.3, -0.25) is 0 Å². The predicted molar refractivity (Wildman–Crippen MR) is 74.1 cm³/mol. The summed E-state index contributed by atoms with van der Waals surface area (Å²) in [6, 6.07) is 0. The summed E-state index contributed by atoms with van der Waals surface area (Å²) in [6.07, 6.45) is 11.7. The summed E-state index contributed by atoms with van der Waals surface area (Å²) >= 11 is 0. The van der Waals surface area contributed by atoms with Crippen molar-refractivity contribution >= 4 is 0 Å². The van der Waals surface area contributed by atoms with Crippen molar-refractivity contribution in [2.75, 3.05) is 13.2 Å². The van der Waals surface area contributed by atoms with Crippen molar-refractivity contribution in [3.8, 4) is 0 Å². The van der Waals surface area contributed by atoms with Crippen LogP contribution in [0, 0.1) is 5.41 Å². The summed E-state index contributed by atoms with van der Waals surface area (Å²) in [7, 11) is 0. The van der Waals surface area contributed by atoms with Gasteiger partial charge in [-0.15, -0.1) is 0 Å². The first kappa shape index (κ1) is 16.9. The second-order valence-corrected chi connectivity index (χ2v) is 5.36. The van der Waals surface area contributed by atoms with Crippen LogP contribution in [0.1, 0.15) is 78.1 Å². The molecule has 0 aliphatic heterocycles.